The summed E-state index contributed by atoms with van der Waals surface area (Å²) in [5.74, 6) is -0.00993. The molecule has 2 heterocycles. The largest absolute Gasteiger partial charge is 0.445 e. The number of fused-ring (bicyclic) bond motifs is 2. The molecule has 1 fully saturated rings. The molecule has 1 amide bonds. The highest BCUT2D eigenvalue weighted by Gasteiger charge is 2.47. The zero-order chi connectivity index (χ0) is 21.7. The molecule has 0 aliphatic carbocycles. The smallest absolute Gasteiger partial charge is 0.410 e. The monoisotopic (exact) mass is 407 g/mol. The van der Waals surface area contributed by atoms with Gasteiger partial charge in [-0.05, 0) is 46.5 Å². The Balaban J connectivity index is 2.28. The van der Waals surface area contributed by atoms with E-state index < -0.39 is 17.2 Å². The van der Waals surface area contributed by atoms with Gasteiger partial charge in [0.25, 0.3) is 0 Å². The lowest BCUT2D eigenvalue weighted by molar-refractivity contribution is -0.129. The minimum absolute atomic E-state index is 0.0164. The molecule has 2 rings (SSSR count). The summed E-state index contributed by atoms with van der Waals surface area (Å²) in [5.41, 5.74) is -1.57. The molecule has 0 aromatic rings. The maximum Gasteiger partial charge on any atom is 0.410 e. The topological polar surface area (TPSA) is 87.7 Å². The lowest BCUT2D eigenvalue weighted by Crippen LogP contribution is -2.61. The van der Waals surface area contributed by atoms with Crippen LogP contribution in [-0.4, -0.2) is 65.9 Å². The highest BCUT2D eigenvalue weighted by atomic mass is 16.6. The van der Waals surface area contributed by atoms with Gasteiger partial charge in [-0.15, -0.1) is 0 Å². The molecule has 0 spiro atoms. The third kappa shape index (κ3) is 5.89. The number of allylic oxidation sites excluding steroid dienone is 1. The molecule has 2 aliphatic heterocycles. The third-order valence-electron chi connectivity index (χ3n) is 5.85. The van der Waals surface area contributed by atoms with E-state index in [2.05, 4.69) is 10.6 Å². The van der Waals surface area contributed by atoms with Gasteiger partial charge < -0.3 is 15.0 Å². The van der Waals surface area contributed by atoms with Crippen molar-refractivity contribution in [1.29, 1.82) is 0 Å². The number of carbonyl (C=O) groups excluding carboxylic acids is 3. The molecular formula is C22H37N3O4. The van der Waals surface area contributed by atoms with E-state index in [0.717, 1.165) is 12.8 Å². The second-order valence-electron chi connectivity index (χ2n) is 9.12. The van der Waals surface area contributed by atoms with E-state index in [0.29, 0.717) is 19.4 Å². The van der Waals surface area contributed by atoms with E-state index in [1.165, 1.54) is 0 Å². The summed E-state index contributed by atoms with van der Waals surface area (Å²) in [4.78, 5) is 40.2. The van der Waals surface area contributed by atoms with Gasteiger partial charge in [-0.25, -0.2) is 4.79 Å². The predicted octanol–water partition coefficient (Wildman–Crippen LogP) is 2.45. The number of cyclic esters (lactones) is 1. The molecule has 0 aromatic carbocycles. The Morgan fingerprint density at radius 1 is 1.21 bits per heavy atom. The third-order valence-corrected chi connectivity index (χ3v) is 5.85. The van der Waals surface area contributed by atoms with Gasteiger partial charge >= 0.3 is 6.09 Å². The van der Waals surface area contributed by atoms with Crippen LogP contribution in [0.3, 0.4) is 0 Å². The summed E-state index contributed by atoms with van der Waals surface area (Å²) in [6, 6.07) is 0.0867. The minimum Gasteiger partial charge on any atom is -0.445 e. The van der Waals surface area contributed by atoms with E-state index in [9.17, 15) is 14.4 Å². The zero-order valence-electron chi connectivity index (χ0n) is 18.5. The van der Waals surface area contributed by atoms with Crippen molar-refractivity contribution in [2.24, 2.45) is 5.92 Å². The van der Waals surface area contributed by atoms with Gasteiger partial charge in [0.2, 0.25) is 0 Å². The van der Waals surface area contributed by atoms with Gasteiger partial charge in [-0.1, -0.05) is 26.0 Å². The standard InChI is InChI=1S/C22H37N3O4/c1-16(2)19(27)21(5)10-8-6-7-9-13-29-20(28)25-12-11-22(15-25,24-17(3)4)18(26)14-23-21/h7,9,16-17,23-24H,6,8,10-15H2,1-5H3/b9-7+/t21-,22-/m0/s1. The molecule has 0 aromatic heterocycles. The SMILES string of the molecule is CC(C)N[C@@]12CCN(C1)C(=O)OC/C=C/CCC[C@@](C)(C(=O)C(C)C)NCC2=O. The van der Waals surface area contributed by atoms with Crippen molar-refractivity contribution in [2.75, 3.05) is 26.2 Å². The fourth-order valence-corrected chi connectivity index (χ4v) is 4.29. The number of nitrogens with one attached hydrogen (secondary N) is 2. The van der Waals surface area contributed by atoms with Crippen LogP contribution in [0.25, 0.3) is 0 Å². The van der Waals surface area contributed by atoms with E-state index in [4.69, 9.17) is 4.74 Å². The van der Waals surface area contributed by atoms with Crippen molar-refractivity contribution in [3.63, 3.8) is 0 Å². The summed E-state index contributed by atoms with van der Waals surface area (Å²) in [5, 5.41) is 6.68. The highest BCUT2D eigenvalue weighted by Crippen LogP contribution is 2.26. The van der Waals surface area contributed by atoms with Gasteiger partial charge in [0.1, 0.15) is 6.61 Å². The lowest BCUT2D eigenvalue weighted by Gasteiger charge is -2.35. The maximum atomic E-state index is 13.3. The summed E-state index contributed by atoms with van der Waals surface area (Å²) in [6.45, 7) is 10.7. The molecule has 0 unspecified atom stereocenters. The Morgan fingerprint density at radius 3 is 2.59 bits per heavy atom. The highest BCUT2D eigenvalue weighted by molar-refractivity contribution is 5.94. The Labute approximate surface area is 174 Å². The minimum atomic E-state index is -0.821. The summed E-state index contributed by atoms with van der Waals surface area (Å²) < 4.78 is 5.34. The summed E-state index contributed by atoms with van der Waals surface area (Å²) >= 11 is 0. The zero-order valence-corrected chi connectivity index (χ0v) is 18.5. The fraction of sp³-hybridized carbons (Fsp3) is 0.773. The van der Waals surface area contributed by atoms with Crippen molar-refractivity contribution in [1.82, 2.24) is 15.5 Å². The molecule has 29 heavy (non-hydrogen) atoms. The number of hydrogen-bond donors (Lipinski definition) is 2. The molecule has 7 nitrogen and oxygen atoms in total. The second kappa shape index (κ2) is 9.85. The van der Waals surface area contributed by atoms with Gasteiger partial charge in [0.05, 0.1) is 17.6 Å². The van der Waals surface area contributed by atoms with E-state index in [1.807, 2.05) is 46.8 Å². The molecule has 7 heteroatoms. The van der Waals surface area contributed by atoms with Crippen molar-refractivity contribution < 1.29 is 19.1 Å². The number of Topliss-reactive ketones (excluding diaryl/α,β-unsaturated/α-hetero) is 2. The van der Waals surface area contributed by atoms with Crippen LogP contribution in [0.15, 0.2) is 12.2 Å². The quantitative estimate of drug-likeness (QED) is 0.696. The molecule has 2 bridgehead atoms. The second-order valence-corrected chi connectivity index (χ2v) is 9.12. The van der Waals surface area contributed by atoms with Crippen LogP contribution in [-0.2, 0) is 14.3 Å². The van der Waals surface area contributed by atoms with Gasteiger partial charge in [0.15, 0.2) is 11.6 Å². The number of carbonyl (C=O) groups is 3. The lowest BCUT2D eigenvalue weighted by atomic mass is 9.83. The molecule has 2 atom stereocenters. The Hall–Kier alpha value is -1.73. The first-order chi connectivity index (χ1) is 13.6. The van der Waals surface area contributed by atoms with Crippen LogP contribution in [0.4, 0.5) is 4.79 Å². The Kier molecular flexibility index (Phi) is 8.00. The van der Waals surface area contributed by atoms with E-state index in [-0.39, 0.29) is 43.2 Å². The van der Waals surface area contributed by atoms with Gasteiger partial charge in [-0.3, -0.25) is 14.9 Å². The van der Waals surface area contributed by atoms with Crippen LogP contribution >= 0.6 is 0 Å². The van der Waals surface area contributed by atoms with Crippen molar-refractivity contribution in [3.8, 4) is 0 Å². The average molecular weight is 408 g/mol. The van der Waals surface area contributed by atoms with Gasteiger partial charge in [-0.2, -0.15) is 0 Å². The molecule has 164 valence electrons. The number of ketones is 2. The molecule has 2 N–H and O–H groups in total. The average Bonchev–Trinajstić information content (AvgIpc) is 3.08. The van der Waals surface area contributed by atoms with Crippen LogP contribution in [0.1, 0.15) is 60.3 Å². The van der Waals surface area contributed by atoms with Crippen molar-refractivity contribution in [2.45, 2.75) is 77.4 Å². The van der Waals surface area contributed by atoms with Crippen molar-refractivity contribution in [3.05, 3.63) is 12.2 Å². The predicted molar refractivity (Wildman–Crippen MR) is 113 cm³/mol. The van der Waals surface area contributed by atoms with E-state index >= 15 is 0 Å². The van der Waals surface area contributed by atoms with Crippen LogP contribution in [0.2, 0.25) is 0 Å². The number of amides is 1. The number of ether oxygens (including phenoxy) is 1. The van der Waals surface area contributed by atoms with Crippen LogP contribution < -0.4 is 10.6 Å². The first kappa shape index (κ1) is 23.5. The van der Waals surface area contributed by atoms with Crippen molar-refractivity contribution >= 4 is 17.7 Å². The molecular weight excluding hydrogens is 370 g/mol. The fourth-order valence-electron chi connectivity index (χ4n) is 4.29. The normalized spacial score (nSPS) is 30.8. The Morgan fingerprint density at radius 2 is 1.93 bits per heavy atom. The molecule has 0 saturated carbocycles. The van der Waals surface area contributed by atoms with E-state index in [1.54, 1.807) is 4.90 Å². The molecule has 2 aliphatic rings. The first-order valence-corrected chi connectivity index (χ1v) is 10.8. The molecule has 0 radical (unpaired) electrons. The Bertz CT molecular complexity index is 646. The van der Waals surface area contributed by atoms with Crippen LogP contribution in [0, 0.1) is 5.92 Å². The molecule has 1 saturated heterocycles. The number of rotatable bonds is 4. The first-order valence-electron chi connectivity index (χ1n) is 10.8. The summed E-state index contributed by atoms with van der Waals surface area (Å²) in [7, 11) is 0. The van der Waals surface area contributed by atoms with Crippen LogP contribution in [0.5, 0.6) is 0 Å². The number of nitrogens with zero attached hydrogens (tertiary/aromatic N) is 1. The summed E-state index contributed by atoms with van der Waals surface area (Å²) in [6.07, 6.45) is 6.21. The maximum absolute atomic E-state index is 13.3. The van der Waals surface area contributed by atoms with Gasteiger partial charge in [0, 0.05) is 25.0 Å². The number of hydrogen-bond acceptors (Lipinski definition) is 6.